The molecule has 0 aliphatic carbocycles. The van der Waals surface area contributed by atoms with Gasteiger partial charge >= 0.3 is 0 Å². The predicted molar refractivity (Wildman–Crippen MR) is 126 cm³/mol. The second kappa shape index (κ2) is 8.77. The number of aliphatic hydroxyl groups excluding tert-OH is 1. The van der Waals surface area contributed by atoms with Gasteiger partial charge in [0.15, 0.2) is 40.6 Å². The third-order valence-electron chi connectivity index (χ3n) is 5.83. The lowest BCUT2D eigenvalue weighted by atomic mass is 10.0. The van der Waals surface area contributed by atoms with Gasteiger partial charge in [-0.15, -0.1) is 0 Å². The fourth-order valence-corrected chi connectivity index (χ4v) is 4.12. The van der Waals surface area contributed by atoms with Crippen LogP contribution in [0.3, 0.4) is 0 Å². The molecule has 0 spiro atoms. The molecule has 2 unspecified atom stereocenters. The average molecular weight is 478 g/mol. The lowest BCUT2D eigenvalue weighted by molar-refractivity contribution is -0.0141. The molecule has 5 rings (SSSR count). The van der Waals surface area contributed by atoms with E-state index in [1.165, 1.54) is 32.4 Å². The molecule has 0 saturated heterocycles. The number of benzene rings is 3. The first kappa shape index (κ1) is 22.4. The van der Waals surface area contributed by atoms with Gasteiger partial charge in [-0.3, -0.25) is 4.79 Å². The van der Waals surface area contributed by atoms with Crippen LogP contribution in [0.1, 0.15) is 11.7 Å². The van der Waals surface area contributed by atoms with Crippen molar-refractivity contribution in [3.63, 3.8) is 0 Å². The van der Waals surface area contributed by atoms with E-state index in [9.17, 15) is 20.1 Å². The Balaban J connectivity index is 1.62. The van der Waals surface area contributed by atoms with E-state index in [2.05, 4.69) is 0 Å². The Kier molecular flexibility index (Phi) is 5.62. The number of rotatable bonds is 5. The van der Waals surface area contributed by atoms with Crippen molar-refractivity contribution in [1.29, 1.82) is 0 Å². The minimum atomic E-state index is -0.766. The molecule has 9 heteroatoms. The molecule has 0 amide bonds. The lowest BCUT2D eigenvalue weighted by Crippen LogP contribution is -2.36. The maximum Gasteiger partial charge on any atom is 0.204 e. The highest BCUT2D eigenvalue weighted by Crippen LogP contribution is 2.48. The number of methoxy groups -OCH3 is 2. The summed E-state index contributed by atoms with van der Waals surface area (Å²) in [5.41, 5.74) is 0.927. The molecule has 3 aromatic carbocycles. The van der Waals surface area contributed by atoms with Gasteiger partial charge in [0.1, 0.15) is 22.5 Å². The zero-order chi connectivity index (χ0) is 24.7. The van der Waals surface area contributed by atoms with E-state index in [1.54, 1.807) is 36.4 Å². The number of ether oxygens (including phenoxy) is 4. The number of hydrogen-bond acceptors (Lipinski definition) is 9. The number of phenolic OH excluding ortho intramolecular Hbond substituents is 2. The Hall–Kier alpha value is -4.37. The van der Waals surface area contributed by atoms with Crippen molar-refractivity contribution in [2.45, 2.75) is 12.2 Å². The molecule has 1 aliphatic heterocycles. The molecule has 9 nitrogen and oxygen atoms in total. The summed E-state index contributed by atoms with van der Waals surface area (Å²) in [7, 11) is 2.90. The number of aromatic hydroxyl groups is 2. The summed E-state index contributed by atoms with van der Waals surface area (Å²) in [4.78, 5) is 12.7. The first-order chi connectivity index (χ1) is 16.9. The van der Waals surface area contributed by atoms with Crippen LogP contribution >= 0.6 is 0 Å². The number of hydrogen-bond donors (Lipinski definition) is 3. The Morgan fingerprint density at radius 3 is 2.46 bits per heavy atom. The molecule has 3 N–H and O–H groups in total. The van der Waals surface area contributed by atoms with Crippen molar-refractivity contribution >= 4 is 11.0 Å². The van der Waals surface area contributed by atoms with Crippen molar-refractivity contribution in [1.82, 2.24) is 0 Å². The molecule has 0 fully saturated rings. The normalized spacial score (nSPS) is 16.8. The van der Waals surface area contributed by atoms with Crippen molar-refractivity contribution in [2.75, 3.05) is 20.8 Å². The lowest BCUT2D eigenvalue weighted by Gasteiger charge is -2.34. The monoisotopic (exact) mass is 478 g/mol. The minimum Gasteiger partial charge on any atom is -0.507 e. The van der Waals surface area contributed by atoms with Gasteiger partial charge in [0.2, 0.25) is 5.75 Å². The highest BCUT2D eigenvalue weighted by atomic mass is 16.6. The van der Waals surface area contributed by atoms with Crippen LogP contribution in [0, 0.1) is 0 Å². The summed E-state index contributed by atoms with van der Waals surface area (Å²) in [6.07, 6.45) is -1.50. The van der Waals surface area contributed by atoms with E-state index >= 15 is 0 Å². The van der Waals surface area contributed by atoms with Gasteiger partial charge in [0.05, 0.1) is 20.8 Å². The van der Waals surface area contributed by atoms with Crippen LogP contribution < -0.4 is 24.4 Å². The Bertz CT molecular complexity index is 1470. The molecule has 180 valence electrons. The number of fused-ring (bicyclic) bond motifs is 2. The summed E-state index contributed by atoms with van der Waals surface area (Å²) in [6, 6.07) is 13.9. The van der Waals surface area contributed by atoms with Crippen LogP contribution in [-0.2, 0) is 0 Å². The van der Waals surface area contributed by atoms with Crippen LogP contribution in [0.25, 0.3) is 22.3 Å². The average Bonchev–Trinajstić information content (AvgIpc) is 2.87. The topological polar surface area (TPSA) is 128 Å². The maximum absolute atomic E-state index is 12.7. The first-order valence-electron chi connectivity index (χ1n) is 10.7. The molecule has 0 bridgehead atoms. The van der Waals surface area contributed by atoms with E-state index in [1.807, 2.05) is 0 Å². The summed E-state index contributed by atoms with van der Waals surface area (Å²) in [5.74, 6) is 1.21. The highest BCUT2D eigenvalue weighted by molar-refractivity contribution is 5.84. The quantitative estimate of drug-likeness (QED) is 0.393. The summed E-state index contributed by atoms with van der Waals surface area (Å²) < 4.78 is 28.9. The fraction of sp³-hybridized carbons (Fsp3) is 0.192. The van der Waals surface area contributed by atoms with Crippen molar-refractivity contribution < 1.29 is 38.7 Å². The molecule has 2 atom stereocenters. The zero-order valence-electron chi connectivity index (χ0n) is 18.8. The second-order valence-corrected chi connectivity index (χ2v) is 7.94. The largest absolute Gasteiger partial charge is 0.507 e. The van der Waals surface area contributed by atoms with Gasteiger partial charge in [0.25, 0.3) is 0 Å². The Morgan fingerprint density at radius 1 is 0.914 bits per heavy atom. The van der Waals surface area contributed by atoms with Crippen molar-refractivity contribution in [2.24, 2.45) is 0 Å². The fourth-order valence-electron chi connectivity index (χ4n) is 4.12. The second-order valence-electron chi connectivity index (χ2n) is 7.94. The van der Waals surface area contributed by atoms with Gasteiger partial charge in [-0.25, -0.2) is 0 Å². The van der Waals surface area contributed by atoms with E-state index in [4.69, 9.17) is 23.4 Å². The van der Waals surface area contributed by atoms with Gasteiger partial charge < -0.3 is 38.7 Å². The van der Waals surface area contributed by atoms with Gasteiger partial charge in [-0.2, -0.15) is 0 Å². The van der Waals surface area contributed by atoms with Crippen molar-refractivity contribution in [3.8, 4) is 45.8 Å². The van der Waals surface area contributed by atoms with E-state index in [0.29, 0.717) is 22.6 Å². The third kappa shape index (κ3) is 3.85. The Morgan fingerprint density at radius 2 is 1.71 bits per heavy atom. The minimum absolute atomic E-state index is 0.0322. The molecule has 1 aromatic heterocycles. The molecular weight excluding hydrogens is 456 g/mol. The van der Waals surface area contributed by atoms with Gasteiger partial charge in [-0.05, 0) is 36.4 Å². The summed E-state index contributed by atoms with van der Waals surface area (Å²) in [5, 5.41) is 30.1. The van der Waals surface area contributed by atoms with Crippen molar-refractivity contribution in [3.05, 3.63) is 70.4 Å². The van der Waals surface area contributed by atoms with Gasteiger partial charge in [0, 0.05) is 17.2 Å². The van der Waals surface area contributed by atoms with Crippen LogP contribution in [0.5, 0.6) is 34.5 Å². The SMILES string of the molecule is COc1cc(C2Oc3cc(-c4cc(=O)c5c(O)cccc5o4)cc(OC)c3OC2CO)ccc1O. The molecule has 4 aromatic rings. The highest BCUT2D eigenvalue weighted by Gasteiger charge is 2.35. The third-order valence-corrected chi connectivity index (χ3v) is 5.83. The molecule has 0 saturated carbocycles. The number of phenols is 2. The summed E-state index contributed by atoms with van der Waals surface area (Å²) in [6.45, 7) is -0.346. The molecule has 1 aliphatic rings. The van der Waals surface area contributed by atoms with E-state index in [-0.39, 0.29) is 46.3 Å². The van der Waals surface area contributed by atoms with E-state index < -0.39 is 17.6 Å². The van der Waals surface area contributed by atoms with Crippen LogP contribution in [0.2, 0.25) is 0 Å². The predicted octanol–water partition coefficient (Wildman–Crippen LogP) is 3.76. The molecule has 2 heterocycles. The standard InChI is InChI=1S/C26H22O9/c1-31-20-8-13(6-7-15(20)28)25-23(12-27)35-26-21(32-2)9-14(10-22(26)34-25)19-11-17(30)24-16(29)4-3-5-18(24)33-19/h3-11,23,25,27-29H,12H2,1-2H3. The number of aliphatic hydroxyl groups is 1. The van der Waals surface area contributed by atoms with Crippen LogP contribution in [0.4, 0.5) is 0 Å². The molecular formula is C26H22O9. The maximum atomic E-state index is 12.7. The zero-order valence-corrected chi connectivity index (χ0v) is 18.8. The van der Waals surface area contributed by atoms with E-state index in [0.717, 1.165) is 0 Å². The smallest absolute Gasteiger partial charge is 0.204 e. The first-order valence-corrected chi connectivity index (χ1v) is 10.7. The summed E-state index contributed by atoms with van der Waals surface area (Å²) >= 11 is 0. The Labute approximate surface area is 199 Å². The van der Waals surface area contributed by atoms with Crippen LogP contribution in [-0.4, -0.2) is 42.3 Å². The molecule has 0 radical (unpaired) electrons. The molecule has 35 heavy (non-hydrogen) atoms. The van der Waals surface area contributed by atoms with Crippen LogP contribution in [0.15, 0.2) is 63.8 Å². The van der Waals surface area contributed by atoms with Gasteiger partial charge in [-0.1, -0.05) is 12.1 Å².